The van der Waals surface area contributed by atoms with Crippen LogP contribution in [0.5, 0.6) is 0 Å². The quantitative estimate of drug-likeness (QED) is 0.190. The van der Waals surface area contributed by atoms with Gasteiger partial charge in [0.15, 0.2) is 5.60 Å². The van der Waals surface area contributed by atoms with Crippen molar-refractivity contribution in [2.75, 3.05) is 29.5 Å². The molecule has 6 rings (SSSR count). The van der Waals surface area contributed by atoms with Gasteiger partial charge in [-0.1, -0.05) is 67.6 Å². The molecule has 4 atom stereocenters. The van der Waals surface area contributed by atoms with Gasteiger partial charge in [-0.25, -0.2) is 0 Å². The number of anilines is 2. The minimum absolute atomic E-state index is 0.0101. The third kappa shape index (κ3) is 5.60. The van der Waals surface area contributed by atoms with E-state index >= 15 is 4.11 Å². The summed E-state index contributed by atoms with van der Waals surface area (Å²) in [6, 6.07) is 24.7. The predicted octanol–water partition coefficient (Wildman–Crippen LogP) is 5.16. The second-order valence-corrected chi connectivity index (χ2v) is 16.7. The van der Waals surface area contributed by atoms with Crippen molar-refractivity contribution in [1.29, 1.82) is 0 Å². The van der Waals surface area contributed by atoms with E-state index in [1.54, 1.807) is 27.8 Å². The van der Waals surface area contributed by atoms with E-state index in [9.17, 15) is 19.5 Å². The van der Waals surface area contributed by atoms with Crippen molar-refractivity contribution in [2.45, 2.75) is 63.2 Å². The van der Waals surface area contributed by atoms with Crippen LogP contribution in [0, 0.1) is 5.92 Å². The molecule has 3 aromatic carbocycles. The van der Waals surface area contributed by atoms with Crippen molar-refractivity contribution in [1.82, 2.24) is 4.90 Å². The van der Waals surface area contributed by atoms with Crippen LogP contribution in [-0.4, -0.2) is 61.9 Å². The highest BCUT2D eigenvalue weighted by Crippen LogP contribution is 2.60. The summed E-state index contributed by atoms with van der Waals surface area (Å²) < 4.78 is 23.2. The lowest BCUT2D eigenvalue weighted by Crippen LogP contribution is -2.45. The maximum atomic E-state index is 16.4. The Labute approximate surface area is 264 Å². The van der Waals surface area contributed by atoms with Gasteiger partial charge < -0.3 is 28.7 Å². The Morgan fingerprint density at radius 2 is 1.71 bits per heavy atom. The van der Waals surface area contributed by atoms with Crippen molar-refractivity contribution in [3.8, 4) is 0 Å². The standard InChI is InChI=1S/C35H40FN3O5Si/c1-24-33(45(2,3)36)30(21-32(42)37(18-19-40)22-25-10-6-4-7-11-25)44-35(24)28-20-27(38-17-16-31(38)41)14-15-29(28)39(34(35)43)23-26-12-8-5-9-13-26/h4-15,20,24,30,33,40H,16-19,21-23H2,1-3H3/t24-,30+,33-,35+/m1/s1. The summed E-state index contributed by atoms with van der Waals surface area (Å²) in [5, 5.41) is 9.77. The molecule has 3 aromatic rings. The summed E-state index contributed by atoms with van der Waals surface area (Å²) in [4.78, 5) is 45.9. The maximum Gasteiger partial charge on any atom is 0.264 e. The zero-order valence-electron chi connectivity index (χ0n) is 26.0. The summed E-state index contributed by atoms with van der Waals surface area (Å²) in [6.07, 6.45) is -0.496. The highest BCUT2D eigenvalue weighted by molar-refractivity contribution is 6.72. The number of amides is 3. The van der Waals surface area contributed by atoms with Crippen LogP contribution in [0.2, 0.25) is 18.6 Å². The Morgan fingerprint density at radius 3 is 2.29 bits per heavy atom. The largest absolute Gasteiger partial charge is 0.395 e. The molecule has 2 fully saturated rings. The van der Waals surface area contributed by atoms with Crippen LogP contribution >= 0.6 is 0 Å². The van der Waals surface area contributed by atoms with Crippen LogP contribution in [-0.2, 0) is 37.8 Å². The molecular weight excluding hydrogens is 589 g/mol. The first-order valence-corrected chi connectivity index (χ1v) is 18.6. The monoisotopic (exact) mass is 629 g/mol. The third-order valence-corrected chi connectivity index (χ3v) is 12.1. The Hall–Kier alpha value is -3.86. The van der Waals surface area contributed by atoms with Crippen LogP contribution < -0.4 is 9.80 Å². The molecule has 2 saturated heterocycles. The first-order chi connectivity index (χ1) is 21.5. The molecule has 3 aliphatic heterocycles. The number of hydrogen-bond acceptors (Lipinski definition) is 5. The average Bonchev–Trinajstić information content (AvgIpc) is 3.43. The highest BCUT2D eigenvalue weighted by atomic mass is 28.4. The maximum absolute atomic E-state index is 16.4. The van der Waals surface area contributed by atoms with Crippen LogP contribution in [0.15, 0.2) is 78.9 Å². The fourth-order valence-electron chi connectivity index (χ4n) is 7.43. The van der Waals surface area contributed by atoms with Gasteiger partial charge in [-0.05, 0) is 42.4 Å². The second-order valence-electron chi connectivity index (χ2n) is 12.9. The van der Waals surface area contributed by atoms with E-state index in [2.05, 4.69) is 0 Å². The van der Waals surface area contributed by atoms with Gasteiger partial charge in [-0.2, -0.15) is 0 Å². The topological polar surface area (TPSA) is 90.4 Å². The lowest BCUT2D eigenvalue weighted by molar-refractivity contribution is -0.150. The fraction of sp³-hybridized carbons (Fsp3) is 0.400. The number of aliphatic hydroxyl groups excluding tert-OH is 1. The van der Waals surface area contributed by atoms with Gasteiger partial charge in [0.2, 0.25) is 20.2 Å². The molecule has 0 bridgehead atoms. The van der Waals surface area contributed by atoms with Gasteiger partial charge in [-0.3, -0.25) is 14.4 Å². The Morgan fingerprint density at radius 1 is 1.04 bits per heavy atom. The molecule has 3 amide bonds. The highest BCUT2D eigenvalue weighted by Gasteiger charge is 2.67. The smallest absolute Gasteiger partial charge is 0.264 e. The number of β-lactam (4-membered cyclic amide) rings is 1. The number of aliphatic hydroxyl groups is 1. The first-order valence-electron chi connectivity index (χ1n) is 15.6. The molecule has 8 nitrogen and oxygen atoms in total. The average molecular weight is 630 g/mol. The lowest BCUT2D eigenvalue weighted by Gasteiger charge is -2.33. The molecule has 0 radical (unpaired) electrons. The van der Waals surface area contributed by atoms with Gasteiger partial charge in [-0.15, -0.1) is 0 Å². The van der Waals surface area contributed by atoms with Gasteiger partial charge >= 0.3 is 0 Å². The van der Waals surface area contributed by atoms with Crippen molar-refractivity contribution in [2.24, 2.45) is 5.92 Å². The van der Waals surface area contributed by atoms with Gasteiger partial charge in [0.25, 0.3) is 5.91 Å². The molecular formula is C35H40FN3O5Si. The summed E-state index contributed by atoms with van der Waals surface area (Å²) in [6.45, 7) is 6.20. The SMILES string of the molecule is C[C@@H]1[C@@H]([Si](C)(C)F)[C@H](CC(=O)N(CCO)Cc2ccccc2)O[C@@]12C(=O)N(Cc1ccccc1)c1ccc(N3CCC3=O)cc12. The van der Waals surface area contributed by atoms with E-state index < -0.39 is 31.6 Å². The normalized spacial score (nSPS) is 24.2. The first kappa shape index (κ1) is 31.1. The van der Waals surface area contributed by atoms with E-state index in [4.69, 9.17) is 4.74 Å². The van der Waals surface area contributed by atoms with Crippen molar-refractivity contribution >= 4 is 37.5 Å². The predicted molar refractivity (Wildman–Crippen MR) is 173 cm³/mol. The molecule has 236 valence electrons. The van der Waals surface area contributed by atoms with Gasteiger partial charge in [0.1, 0.15) is 0 Å². The summed E-state index contributed by atoms with van der Waals surface area (Å²) >= 11 is 0. The number of ether oxygens (including phenoxy) is 1. The molecule has 3 aliphatic rings. The Bertz CT molecular complexity index is 1580. The molecule has 10 heteroatoms. The van der Waals surface area contributed by atoms with E-state index in [1.165, 1.54) is 0 Å². The number of carbonyl (C=O) groups is 3. The van der Waals surface area contributed by atoms with E-state index in [0.29, 0.717) is 43.0 Å². The van der Waals surface area contributed by atoms with E-state index in [1.807, 2.05) is 85.8 Å². The number of benzene rings is 3. The molecule has 0 aromatic heterocycles. The summed E-state index contributed by atoms with van der Waals surface area (Å²) in [7, 11) is -3.51. The van der Waals surface area contributed by atoms with E-state index in [-0.39, 0.29) is 37.3 Å². The number of halogens is 1. The summed E-state index contributed by atoms with van der Waals surface area (Å²) in [5.74, 6) is -1.11. The molecule has 1 spiro atoms. The zero-order chi connectivity index (χ0) is 31.9. The Balaban J connectivity index is 1.39. The molecule has 0 unspecified atom stereocenters. The van der Waals surface area contributed by atoms with Crippen molar-refractivity contribution < 1.29 is 28.3 Å². The molecule has 1 N–H and O–H groups in total. The Kier molecular flexibility index (Phi) is 8.40. The molecule has 45 heavy (non-hydrogen) atoms. The van der Waals surface area contributed by atoms with Gasteiger partial charge in [0, 0.05) is 48.8 Å². The number of fused-ring (bicyclic) bond motifs is 2. The summed E-state index contributed by atoms with van der Waals surface area (Å²) in [5.41, 5.74) is 1.64. The number of hydrogen-bond donors (Lipinski definition) is 1. The van der Waals surface area contributed by atoms with Crippen LogP contribution in [0.4, 0.5) is 15.5 Å². The molecule has 3 heterocycles. The van der Waals surface area contributed by atoms with E-state index in [0.717, 1.165) is 11.1 Å². The minimum Gasteiger partial charge on any atom is -0.395 e. The number of rotatable bonds is 10. The number of nitrogens with zero attached hydrogens (tertiary/aromatic N) is 3. The van der Waals surface area contributed by atoms with Crippen molar-refractivity contribution in [3.05, 3.63) is 95.6 Å². The minimum atomic E-state index is -3.51. The van der Waals surface area contributed by atoms with Gasteiger partial charge in [0.05, 0.1) is 31.4 Å². The van der Waals surface area contributed by atoms with Crippen LogP contribution in [0.25, 0.3) is 0 Å². The second kappa shape index (κ2) is 12.1. The molecule has 0 aliphatic carbocycles. The lowest BCUT2D eigenvalue weighted by atomic mass is 9.82. The zero-order valence-corrected chi connectivity index (χ0v) is 27.0. The van der Waals surface area contributed by atoms with Crippen LogP contribution in [0.1, 0.15) is 36.5 Å². The third-order valence-electron chi connectivity index (χ3n) is 9.60. The van der Waals surface area contributed by atoms with Crippen molar-refractivity contribution in [3.63, 3.8) is 0 Å². The van der Waals surface area contributed by atoms with Crippen LogP contribution in [0.3, 0.4) is 0 Å². The molecule has 0 saturated carbocycles. The fourth-order valence-corrected chi connectivity index (χ4v) is 9.93. The number of carbonyl (C=O) groups excluding carboxylic acids is 3.